The Morgan fingerprint density at radius 2 is 1.56 bits per heavy atom. The monoisotopic (exact) mass is 427 g/mol. The van der Waals surface area contributed by atoms with E-state index in [1.165, 1.54) is 18.2 Å². The molecule has 1 fully saturated rings. The summed E-state index contributed by atoms with van der Waals surface area (Å²) >= 11 is 11.9. The number of nitrogens with zero attached hydrogens (tertiary/aromatic N) is 2. The van der Waals surface area contributed by atoms with Gasteiger partial charge < -0.3 is 4.90 Å². The number of sulfonamides is 1. The number of benzene rings is 2. The first-order chi connectivity index (χ1) is 12.8. The second-order valence-electron chi connectivity index (χ2n) is 6.78. The highest BCUT2D eigenvalue weighted by molar-refractivity contribution is 7.89. The second kappa shape index (κ2) is 8.90. The van der Waals surface area contributed by atoms with Gasteiger partial charge in [0.1, 0.15) is 0 Å². The van der Waals surface area contributed by atoms with E-state index >= 15 is 0 Å². The number of rotatable bonds is 6. The maximum absolute atomic E-state index is 12.6. The molecule has 0 aliphatic carbocycles. The molecule has 3 rings (SSSR count). The summed E-state index contributed by atoms with van der Waals surface area (Å²) in [5.74, 6) is 0. The normalized spacial score (nSPS) is 16.6. The van der Waals surface area contributed by atoms with Crippen LogP contribution >= 0.6 is 23.2 Å². The van der Waals surface area contributed by atoms with E-state index in [4.69, 9.17) is 23.2 Å². The average Bonchev–Trinajstić information content (AvgIpc) is 2.62. The van der Waals surface area contributed by atoms with E-state index in [2.05, 4.69) is 27.6 Å². The van der Waals surface area contributed by atoms with Crippen LogP contribution in [0.15, 0.2) is 47.4 Å². The zero-order chi connectivity index (χ0) is 19.4. The predicted molar refractivity (Wildman–Crippen MR) is 110 cm³/mol. The van der Waals surface area contributed by atoms with Crippen molar-refractivity contribution in [2.45, 2.75) is 18.0 Å². The molecule has 0 amide bonds. The maximum atomic E-state index is 12.6. The summed E-state index contributed by atoms with van der Waals surface area (Å²) in [6.07, 6.45) is 0. The number of likely N-dealkylation sites (N-methyl/N-ethyl adjacent to an activating group) is 1. The topological polar surface area (TPSA) is 52.6 Å². The summed E-state index contributed by atoms with van der Waals surface area (Å²) in [6, 6.07) is 12.2. The largest absolute Gasteiger partial charge is 0.304 e. The van der Waals surface area contributed by atoms with Crippen LogP contribution in [0.4, 0.5) is 0 Å². The van der Waals surface area contributed by atoms with Crippen molar-refractivity contribution in [1.82, 2.24) is 14.5 Å². The van der Waals surface area contributed by atoms with E-state index in [1.807, 2.05) is 18.2 Å². The van der Waals surface area contributed by atoms with Crippen LogP contribution in [0.5, 0.6) is 0 Å². The third-order valence-corrected chi connectivity index (χ3v) is 6.52. The summed E-state index contributed by atoms with van der Waals surface area (Å²) in [4.78, 5) is 4.77. The van der Waals surface area contributed by atoms with Crippen LogP contribution < -0.4 is 4.72 Å². The number of hydrogen-bond acceptors (Lipinski definition) is 4. The Hall–Kier alpha value is -1.15. The number of nitrogens with one attached hydrogen (secondary N) is 1. The van der Waals surface area contributed by atoms with Crippen molar-refractivity contribution in [2.24, 2.45) is 0 Å². The molecule has 5 nitrogen and oxygen atoms in total. The summed E-state index contributed by atoms with van der Waals surface area (Å²) in [7, 11) is -1.57. The predicted octanol–water partition coefficient (Wildman–Crippen LogP) is 3.22. The Balaban J connectivity index is 1.70. The van der Waals surface area contributed by atoms with Crippen molar-refractivity contribution < 1.29 is 8.42 Å². The highest BCUT2D eigenvalue weighted by Crippen LogP contribution is 2.22. The molecule has 1 N–H and O–H groups in total. The molecule has 0 aromatic heterocycles. The van der Waals surface area contributed by atoms with Gasteiger partial charge in [-0.05, 0) is 36.4 Å². The van der Waals surface area contributed by atoms with Crippen LogP contribution in [0.25, 0.3) is 0 Å². The lowest BCUT2D eigenvalue weighted by Crippen LogP contribution is -2.44. The molecule has 2 aromatic carbocycles. The van der Waals surface area contributed by atoms with E-state index < -0.39 is 10.0 Å². The van der Waals surface area contributed by atoms with Gasteiger partial charge in [-0.2, -0.15) is 0 Å². The lowest BCUT2D eigenvalue weighted by atomic mass is 10.1. The first-order valence-electron chi connectivity index (χ1n) is 8.77. The Kier molecular flexibility index (Phi) is 6.78. The van der Waals surface area contributed by atoms with Crippen molar-refractivity contribution in [1.29, 1.82) is 0 Å². The van der Waals surface area contributed by atoms with Crippen LogP contribution in [0.3, 0.4) is 0 Å². The standard InChI is InChI=1S/C19H23Cl2N3O2S/c1-23-6-8-24(9-7-23)14-16-5-3-2-4-15(16)13-22-27(25,26)19-11-17(20)10-18(21)12-19/h2-5,10-12,22H,6-9,13-14H2,1H3. The van der Waals surface area contributed by atoms with Crippen LogP contribution in [-0.4, -0.2) is 51.4 Å². The summed E-state index contributed by atoms with van der Waals surface area (Å²) in [6.45, 7) is 5.15. The SMILES string of the molecule is CN1CCN(Cc2ccccc2CNS(=O)(=O)c2cc(Cl)cc(Cl)c2)CC1. The molecule has 0 atom stereocenters. The van der Waals surface area contributed by atoms with Gasteiger partial charge in [0, 0.05) is 49.3 Å². The van der Waals surface area contributed by atoms with Crippen LogP contribution in [0, 0.1) is 0 Å². The molecule has 0 saturated carbocycles. The molecule has 1 aliphatic heterocycles. The van der Waals surface area contributed by atoms with Gasteiger partial charge >= 0.3 is 0 Å². The minimum Gasteiger partial charge on any atom is -0.304 e. The van der Waals surface area contributed by atoms with E-state index in [1.54, 1.807) is 0 Å². The summed E-state index contributed by atoms with van der Waals surface area (Å²) < 4.78 is 27.9. The Labute approximate surface area is 170 Å². The quantitative estimate of drug-likeness (QED) is 0.768. The number of hydrogen-bond donors (Lipinski definition) is 1. The van der Waals surface area contributed by atoms with E-state index in [9.17, 15) is 8.42 Å². The Bertz CT molecular complexity index is 877. The lowest BCUT2D eigenvalue weighted by Gasteiger charge is -2.32. The lowest BCUT2D eigenvalue weighted by molar-refractivity contribution is 0.148. The van der Waals surface area contributed by atoms with Crippen molar-refractivity contribution in [3.05, 3.63) is 63.6 Å². The molecule has 27 heavy (non-hydrogen) atoms. The molecule has 0 unspecified atom stereocenters. The molecular weight excluding hydrogens is 405 g/mol. The minimum atomic E-state index is -3.70. The molecule has 146 valence electrons. The van der Waals surface area contributed by atoms with Crippen molar-refractivity contribution in [3.63, 3.8) is 0 Å². The summed E-state index contributed by atoms with van der Waals surface area (Å²) in [5, 5.41) is 0.580. The highest BCUT2D eigenvalue weighted by Gasteiger charge is 2.18. The smallest absolute Gasteiger partial charge is 0.240 e. The van der Waals surface area contributed by atoms with Gasteiger partial charge in [0.2, 0.25) is 10.0 Å². The van der Waals surface area contributed by atoms with Gasteiger partial charge in [0.25, 0.3) is 0 Å². The fourth-order valence-electron chi connectivity index (χ4n) is 3.07. The van der Waals surface area contributed by atoms with Gasteiger partial charge in [-0.1, -0.05) is 47.5 Å². The van der Waals surface area contributed by atoms with Gasteiger partial charge in [-0.3, -0.25) is 4.90 Å². The molecule has 1 aliphatic rings. The van der Waals surface area contributed by atoms with E-state index in [-0.39, 0.29) is 11.4 Å². The fraction of sp³-hybridized carbons (Fsp3) is 0.368. The molecule has 8 heteroatoms. The van der Waals surface area contributed by atoms with Gasteiger partial charge in [-0.25, -0.2) is 13.1 Å². The Morgan fingerprint density at radius 1 is 0.963 bits per heavy atom. The van der Waals surface area contributed by atoms with Crippen LogP contribution in [0.2, 0.25) is 10.0 Å². The van der Waals surface area contributed by atoms with Crippen molar-refractivity contribution in [3.8, 4) is 0 Å². The van der Waals surface area contributed by atoms with Gasteiger partial charge in [0.05, 0.1) is 4.90 Å². The fourth-order valence-corrected chi connectivity index (χ4v) is 4.80. The first-order valence-corrected chi connectivity index (χ1v) is 11.0. The number of piperazine rings is 1. The molecule has 0 radical (unpaired) electrons. The Morgan fingerprint density at radius 3 is 2.19 bits per heavy atom. The maximum Gasteiger partial charge on any atom is 0.240 e. The minimum absolute atomic E-state index is 0.0662. The summed E-state index contributed by atoms with van der Waals surface area (Å²) in [5.41, 5.74) is 2.10. The average molecular weight is 428 g/mol. The molecular formula is C19H23Cl2N3O2S. The third kappa shape index (κ3) is 5.67. The van der Waals surface area contributed by atoms with Crippen molar-refractivity contribution >= 4 is 33.2 Å². The van der Waals surface area contributed by atoms with Gasteiger partial charge in [-0.15, -0.1) is 0 Å². The van der Waals surface area contributed by atoms with Crippen molar-refractivity contribution in [2.75, 3.05) is 33.2 Å². The molecule has 2 aromatic rings. The molecule has 0 bridgehead atoms. The first kappa shape index (κ1) is 20.6. The van der Waals surface area contributed by atoms with E-state index in [0.29, 0.717) is 10.0 Å². The molecule has 1 heterocycles. The second-order valence-corrected chi connectivity index (χ2v) is 9.42. The van der Waals surface area contributed by atoms with E-state index in [0.717, 1.165) is 43.9 Å². The number of halogens is 2. The third-order valence-electron chi connectivity index (χ3n) is 4.71. The molecule has 1 saturated heterocycles. The van der Waals surface area contributed by atoms with Crippen LogP contribution in [0.1, 0.15) is 11.1 Å². The molecule has 0 spiro atoms. The highest BCUT2D eigenvalue weighted by atomic mass is 35.5. The van der Waals surface area contributed by atoms with Crippen LogP contribution in [-0.2, 0) is 23.1 Å². The zero-order valence-corrected chi connectivity index (χ0v) is 17.5. The zero-order valence-electron chi connectivity index (χ0n) is 15.2. The van der Waals surface area contributed by atoms with Gasteiger partial charge in [0.15, 0.2) is 0 Å².